The van der Waals surface area contributed by atoms with E-state index in [9.17, 15) is 4.79 Å². The number of carbonyl (C=O) groups excluding carboxylic acids is 1. The average molecular weight is 232 g/mol. The highest BCUT2D eigenvalue weighted by Gasteiger charge is 1.95. The zero-order valence-corrected chi connectivity index (χ0v) is 8.94. The molecule has 1 heterocycles. The second-order valence-corrected chi connectivity index (χ2v) is 4.24. The summed E-state index contributed by atoms with van der Waals surface area (Å²) in [5.74, 6) is -0.219. The van der Waals surface area contributed by atoms with Crippen LogP contribution in [0.15, 0.2) is 18.2 Å². The summed E-state index contributed by atoms with van der Waals surface area (Å²) in [6, 6.07) is 3.61. The van der Waals surface area contributed by atoms with Crippen LogP contribution in [0.25, 0.3) is 6.08 Å². The van der Waals surface area contributed by atoms with Gasteiger partial charge >= 0.3 is 0 Å². The van der Waals surface area contributed by atoms with Gasteiger partial charge < -0.3 is 10.4 Å². The number of amides is 1. The molecule has 1 rings (SSSR count). The smallest absolute Gasteiger partial charge is 0.244 e. The Labute approximate surface area is 91.0 Å². The zero-order valence-electron chi connectivity index (χ0n) is 7.37. The normalized spacial score (nSPS) is 10.7. The predicted octanol–water partition coefficient (Wildman–Crippen LogP) is 1.52. The minimum absolute atomic E-state index is 0.0512. The molecule has 0 saturated carbocycles. The van der Waals surface area contributed by atoms with Crippen LogP contribution < -0.4 is 5.32 Å². The lowest BCUT2D eigenvalue weighted by Gasteiger charge is -1.95. The molecule has 0 aliphatic carbocycles. The van der Waals surface area contributed by atoms with Crippen LogP contribution in [0, 0.1) is 0 Å². The number of hydrogen-bond donors (Lipinski definition) is 2. The van der Waals surface area contributed by atoms with Crippen molar-refractivity contribution in [1.29, 1.82) is 0 Å². The molecule has 0 spiro atoms. The van der Waals surface area contributed by atoms with Crippen LogP contribution >= 0.6 is 22.9 Å². The van der Waals surface area contributed by atoms with E-state index in [2.05, 4.69) is 5.32 Å². The maximum Gasteiger partial charge on any atom is 0.244 e. The van der Waals surface area contributed by atoms with Crippen LogP contribution in [-0.4, -0.2) is 24.2 Å². The predicted molar refractivity (Wildman–Crippen MR) is 58.5 cm³/mol. The average Bonchev–Trinajstić information content (AvgIpc) is 2.58. The highest BCUT2D eigenvalue weighted by Crippen LogP contribution is 2.22. The number of hydrogen-bond acceptors (Lipinski definition) is 3. The second kappa shape index (κ2) is 5.80. The van der Waals surface area contributed by atoms with Gasteiger partial charge in [0.1, 0.15) is 0 Å². The lowest BCUT2D eigenvalue weighted by molar-refractivity contribution is -0.116. The molecule has 0 aliphatic heterocycles. The molecule has 1 amide bonds. The summed E-state index contributed by atoms with van der Waals surface area (Å²) in [7, 11) is 0. The number of aliphatic hydroxyl groups is 1. The van der Waals surface area contributed by atoms with E-state index in [0.717, 1.165) is 4.88 Å². The third kappa shape index (κ3) is 3.91. The van der Waals surface area contributed by atoms with Gasteiger partial charge in [0, 0.05) is 17.5 Å². The summed E-state index contributed by atoms with van der Waals surface area (Å²) in [5, 5.41) is 11.0. The molecule has 3 nitrogen and oxygen atoms in total. The van der Waals surface area contributed by atoms with E-state index in [1.807, 2.05) is 6.07 Å². The van der Waals surface area contributed by atoms with Gasteiger partial charge in [-0.05, 0) is 18.2 Å². The summed E-state index contributed by atoms with van der Waals surface area (Å²) in [6.45, 7) is 0.221. The minimum atomic E-state index is -0.219. The molecule has 14 heavy (non-hydrogen) atoms. The summed E-state index contributed by atoms with van der Waals surface area (Å²) in [4.78, 5) is 12.0. The van der Waals surface area contributed by atoms with E-state index in [1.54, 1.807) is 12.1 Å². The number of aliphatic hydroxyl groups excluding tert-OH is 1. The highest BCUT2D eigenvalue weighted by atomic mass is 35.5. The Balaban J connectivity index is 2.43. The Bertz CT molecular complexity index is 335. The van der Waals surface area contributed by atoms with E-state index in [0.29, 0.717) is 4.34 Å². The van der Waals surface area contributed by atoms with Crippen LogP contribution in [0.3, 0.4) is 0 Å². The Kier molecular flexibility index (Phi) is 4.65. The second-order valence-electron chi connectivity index (χ2n) is 2.49. The van der Waals surface area contributed by atoms with Gasteiger partial charge in [-0.1, -0.05) is 11.6 Å². The minimum Gasteiger partial charge on any atom is -0.395 e. The molecule has 0 fully saturated rings. The molecule has 2 N–H and O–H groups in total. The first-order chi connectivity index (χ1) is 6.72. The molecule has 1 aromatic heterocycles. The SMILES string of the molecule is O=C(/C=C/c1ccc(Cl)s1)NCCO. The number of carbonyl (C=O) groups is 1. The third-order valence-electron chi connectivity index (χ3n) is 1.40. The molecule has 0 aliphatic rings. The molecule has 0 radical (unpaired) electrons. The monoisotopic (exact) mass is 231 g/mol. The molecular weight excluding hydrogens is 222 g/mol. The Morgan fingerprint density at radius 3 is 3.00 bits per heavy atom. The van der Waals surface area contributed by atoms with E-state index in [1.165, 1.54) is 17.4 Å². The first kappa shape index (κ1) is 11.2. The van der Waals surface area contributed by atoms with Crippen molar-refractivity contribution in [3.63, 3.8) is 0 Å². The van der Waals surface area contributed by atoms with Gasteiger partial charge in [-0.25, -0.2) is 0 Å². The molecule has 5 heteroatoms. The van der Waals surface area contributed by atoms with Crippen molar-refractivity contribution >= 4 is 34.9 Å². The van der Waals surface area contributed by atoms with E-state index in [-0.39, 0.29) is 19.1 Å². The molecule has 1 aromatic rings. The van der Waals surface area contributed by atoms with Crippen LogP contribution in [0.2, 0.25) is 4.34 Å². The topological polar surface area (TPSA) is 49.3 Å². The molecule has 0 aromatic carbocycles. The van der Waals surface area contributed by atoms with Crippen LogP contribution in [-0.2, 0) is 4.79 Å². The van der Waals surface area contributed by atoms with E-state index >= 15 is 0 Å². The third-order valence-corrected chi connectivity index (χ3v) is 2.60. The van der Waals surface area contributed by atoms with Gasteiger partial charge in [0.15, 0.2) is 0 Å². The summed E-state index contributed by atoms with van der Waals surface area (Å²) in [5.41, 5.74) is 0. The zero-order chi connectivity index (χ0) is 10.4. The number of rotatable bonds is 4. The van der Waals surface area contributed by atoms with Crippen molar-refractivity contribution < 1.29 is 9.90 Å². The van der Waals surface area contributed by atoms with E-state index in [4.69, 9.17) is 16.7 Å². The van der Waals surface area contributed by atoms with Crippen molar-refractivity contribution in [2.45, 2.75) is 0 Å². The van der Waals surface area contributed by atoms with Crippen molar-refractivity contribution in [1.82, 2.24) is 5.32 Å². The fourth-order valence-corrected chi connectivity index (χ4v) is 1.78. The lowest BCUT2D eigenvalue weighted by Crippen LogP contribution is -2.24. The van der Waals surface area contributed by atoms with Crippen molar-refractivity contribution in [2.75, 3.05) is 13.2 Å². The standard InChI is InChI=1S/C9H10ClNO2S/c10-8-3-1-7(14-8)2-4-9(13)11-5-6-12/h1-4,12H,5-6H2,(H,11,13)/b4-2+. The van der Waals surface area contributed by atoms with Gasteiger partial charge in [-0.3, -0.25) is 4.79 Å². The van der Waals surface area contributed by atoms with Gasteiger partial charge in [-0.2, -0.15) is 0 Å². The quantitative estimate of drug-likeness (QED) is 0.772. The molecule has 0 atom stereocenters. The largest absolute Gasteiger partial charge is 0.395 e. The molecule has 76 valence electrons. The van der Waals surface area contributed by atoms with Crippen LogP contribution in [0.4, 0.5) is 0 Å². The van der Waals surface area contributed by atoms with Crippen molar-refractivity contribution in [3.05, 3.63) is 27.4 Å². The van der Waals surface area contributed by atoms with Crippen molar-refractivity contribution in [3.8, 4) is 0 Å². The Morgan fingerprint density at radius 1 is 1.64 bits per heavy atom. The number of thiophene rings is 1. The molecule has 0 saturated heterocycles. The summed E-state index contributed by atoms with van der Waals surface area (Å²) >= 11 is 7.11. The highest BCUT2D eigenvalue weighted by molar-refractivity contribution is 7.17. The Morgan fingerprint density at radius 2 is 2.43 bits per heavy atom. The van der Waals surface area contributed by atoms with Crippen LogP contribution in [0.5, 0.6) is 0 Å². The maximum atomic E-state index is 11.0. The van der Waals surface area contributed by atoms with E-state index < -0.39 is 0 Å². The lowest BCUT2D eigenvalue weighted by atomic mass is 10.4. The summed E-state index contributed by atoms with van der Waals surface area (Å²) in [6.07, 6.45) is 3.10. The van der Waals surface area contributed by atoms with Gasteiger partial charge in [-0.15, -0.1) is 11.3 Å². The maximum absolute atomic E-state index is 11.0. The fourth-order valence-electron chi connectivity index (χ4n) is 0.814. The first-order valence-corrected chi connectivity index (χ1v) is 5.24. The number of nitrogens with one attached hydrogen (secondary N) is 1. The fraction of sp³-hybridized carbons (Fsp3) is 0.222. The first-order valence-electron chi connectivity index (χ1n) is 4.04. The number of halogens is 1. The van der Waals surface area contributed by atoms with Crippen molar-refractivity contribution in [2.24, 2.45) is 0 Å². The molecule has 0 bridgehead atoms. The Hall–Kier alpha value is -0.840. The molecular formula is C9H10ClNO2S. The van der Waals surface area contributed by atoms with Gasteiger partial charge in [0.25, 0.3) is 0 Å². The molecule has 0 unspecified atom stereocenters. The van der Waals surface area contributed by atoms with Gasteiger partial charge in [0.2, 0.25) is 5.91 Å². The summed E-state index contributed by atoms with van der Waals surface area (Å²) < 4.78 is 0.695. The van der Waals surface area contributed by atoms with Crippen LogP contribution in [0.1, 0.15) is 4.88 Å². The van der Waals surface area contributed by atoms with Gasteiger partial charge in [0.05, 0.1) is 10.9 Å².